The third kappa shape index (κ3) is 7.15. The highest BCUT2D eigenvalue weighted by molar-refractivity contribution is 6.18. The van der Waals surface area contributed by atoms with Crippen molar-refractivity contribution in [3.63, 3.8) is 0 Å². The van der Waals surface area contributed by atoms with Crippen molar-refractivity contribution in [3.8, 4) is 11.3 Å². The van der Waals surface area contributed by atoms with Gasteiger partial charge in [-0.1, -0.05) is 60.7 Å². The van der Waals surface area contributed by atoms with Gasteiger partial charge in [0.15, 0.2) is 12.2 Å². The maximum absolute atomic E-state index is 13.3. The van der Waals surface area contributed by atoms with E-state index in [1.807, 2.05) is 85.7 Å². The van der Waals surface area contributed by atoms with Crippen LogP contribution in [0.15, 0.2) is 77.9 Å². The van der Waals surface area contributed by atoms with Crippen LogP contribution in [0.1, 0.15) is 21.5 Å². The normalized spacial score (nSPS) is 14.1. The Morgan fingerprint density at radius 1 is 0.909 bits per heavy atom. The first-order chi connectivity index (χ1) is 21.0. The van der Waals surface area contributed by atoms with E-state index in [4.69, 9.17) is 20.4 Å². The Morgan fingerprint density at radius 3 is 2.07 bits per heavy atom. The van der Waals surface area contributed by atoms with Gasteiger partial charge in [-0.2, -0.15) is 5.10 Å². The van der Waals surface area contributed by atoms with Crippen LogP contribution in [0, 0.1) is 0 Å². The molecule has 13 nitrogen and oxygen atoms in total. The molecule has 228 valence electrons. The smallest absolute Gasteiger partial charge is 0.335 e. The van der Waals surface area contributed by atoms with Crippen LogP contribution in [0.2, 0.25) is 0 Å². The number of aliphatic carboxylic acids is 2. The SMILES string of the molecule is CN(C)[C@@H](Cc1ccccc1)C(=O)Nc1cc2c3c(c(-c4ccccc4)[nH]c3c1)C=NNC2=O.O=C(O)[C@H](O)[C@@H](O)C(=O)O. The number of aromatic nitrogens is 1. The van der Waals surface area contributed by atoms with Crippen molar-refractivity contribution in [3.05, 3.63) is 89.5 Å². The number of nitrogens with zero attached hydrogens (tertiary/aromatic N) is 2. The van der Waals surface area contributed by atoms with Crippen molar-refractivity contribution in [1.29, 1.82) is 0 Å². The molecule has 0 saturated heterocycles. The highest BCUT2D eigenvalue weighted by atomic mass is 16.4. The first-order valence-corrected chi connectivity index (χ1v) is 13.4. The van der Waals surface area contributed by atoms with Gasteiger partial charge in [0.05, 0.1) is 23.5 Å². The first-order valence-electron chi connectivity index (χ1n) is 13.4. The van der Waals surface area contributed by atoms with Crippen molar-refractivity contribution in [1.82, 2.24) is 15.3 Å². The number of carbonyl (C=O) groups excluding carboxylic acids is 2. The Morgan fingerprint density at radius 2 is 1.50 bits per heavy atom. The van der Waals surface area contributed by atoms with Crippen molar-refractivity contribution in [2.75, 3.05) is 19.4 Å². The molecule has 0 saturated carbocycles. The molecule has 1 aromatic heterocycles. The number of hydrogen-bond donors (Lipinski definition) is 7. The number of rotatable bonds is 9. The van der Waals surface area contributed by atoms with Crippen molar-refractivity contribution in [2.24, 2.45) is 5.10 Å². The minimum atomic E-state index is -2.27. The third-order valence-corrected chi connectivity index (χ3v) is 6.87. The molecule has 3 aromatic carbocycles. The Hall–Kier alpha value is -5.37. The number of aliphatic hydroxyl groups excluding tert-OH is 2. The molecule has 0 radical (unpaired) electrons. The lowest BCUT2D eigenvalue weighted by Gasteiger charge is -2.23. The number of amides is 2. The zero-order chi connectivity index (χ0) is 32.0. The van der Waals surface area contributed by atoms with Crippen LogP contribution in [0.3, 0.4) is 0 Å². The second-order valence-corrected chi connectivity index (χ2v) is 10.1. The van der Waals surface area contributed by atoms with Crippen LogP contribution in [-0.2, 0) is 20.8 Å². The monoisotopic (exact) mass is 601 g/mol. The summed E-state index contributed by atoms with van der Waals surface area (Å²) >= 11 is 0. The van der Waals surface area contributed by atoms with E-state index >= 15 is 0 Å². The van der Waals surface area contributed by atoms with E-state index in [1.165, 1.54) is 0 Å². The highest BCUT2D eigenvalue weighted by Crippen LogP contribution is 2.34. The van der Waals surface area contributed by atoms with Crippen molar-refractivity contribution >= 4 is 46.6 Å². The summed E-state index contributed by atoms with van der Waals surface area (Å²) in [5, 5.41) is 40.4. The van der Waals surface area contributed by atoms with Gasteiger partial charge in [-0.3, -0.25) is 14.5 Å². The molecule has 0 aliphatic carbocycles. The molecule has 0 fully saturated rings. The number of aliphatic hydroxyl groups is 2. The van der Waals surface area contributed by atoms with Gasteiger partial charge >= 0.3 is 11.9 Å². The zero-order valence-electron chi connectivity index (χ0n) is 23.8. The number of hydrazone groups is 1. The molecule has 4 aromatic rings. The predicted molar refractivity (Wildman–Crippen MR) is 162 cm³/mol. The fourth-order valence-electron chi connectivity index (χ4n) is 4.63. The van der Waals surface area contributed by atoms with Crippen LogP contribution in [0.4, 0.5) is 5.69 Å². The second kappa shape index (κ2) is 13.7. The molecule has 0 unspecified atom stereocenters. The van der Waals surface area contributed by atoms with Gasteiger partial charge in [0.25, 0.3) is 5.91 Å². The van der Waals surface area contributed by atoms with Gasteiger partial charge in [-0.05, 0) is 43.8 Å². The lowest BCUT2D eigenvalue weighted by molar-refractivity contribution is -0.165. The zero-order valence-corrected chi connectivity index (χ0v) is 23.8. The Kier molecular flexibility index (Phi) is 9.85. The van der Waals surface area contributed by atoms with Gasteiger partial charge < -0.3 is 30.7 Å². The maximum atomic E-state index is 13.3. The molecule has 2 amide bonds. The van der Waals surface area contributed by atoms with Crippen LogP contribution < -0.4 is 10.7 Å². The highest BCUT2D eigenvalue weighted by Gasteiger charge is 2.29. The fourth-order valence-corrected chi connectivity index (χ4v) is 4.63. The summed E-state index contributed by atoms with van der Waals surface area (Å²) in [6.45, 7) is 0. The number of likely N-dealkylation sites (N-methyl/N-ethyl adjacent to an activating group) is 1. The van der Waals surface area contributed by atoms with Crippen LogP contribution in [0.5, 0.6) is 0 Å². The number of anilines is 1. The average molecular weight is 602 g/mol. The van der Waals surface area contributed by atoms with Crippen LogP contribution in [-0.4, -0.2) is 92.6 Å². The lowest BCUT2D eigenvalue weighted by Crippen LogP contribution is -2.41. The maximum Gasteiger partial charge on any atom is 0.335 e. The van der Waals surface area contributed by atoms with Gasteiger partial charge in [0.1, 0.15) is 0 Å². The number of nitrogens with one attached hydrogen (secondary N) is 3. The number of carboxylic acids is 2. The number of carbonyl (C=O) groups is 4. The topological polar surface area (TPSA) is 205 Å². The fraction of sp³-hybridized carbons (Fsp3) is 0.194. The summed E-state index contributed by atoms with van der Waals surface area (Å²) in [5.41, 5.74) is 8.11. The molecule has 0 bridgehead atoms. The van der Waals surface area contributed by atoms with E-state index in [1.54, 1.807) is 12.3 Å². The number of aromatic amines is 1. The Balaban J connectivity index is 0.000000382. The van der Waals surface area contributed by atoms with Crippen molar-refractivity contribution < 1.29 is 39.6 Å². The van der Waals surface area contributed by atoms with Crippen LogP contribution in [0.25, 0.3) is 22.2 Å². The summed E-state index contributed by atoms with van der Waals surface area (Å²) in [6.07, 6.45) is -2.29. The quantitative estimate of drug-likeness (QED) is 0.149. The lowest BCUT2D eigenvalue weighted by atomic mass is 10.0. The molecule has 5 rings (SSSR count). The summed E-state index contributed by atoms with van der Waals surface area (Å²) in [5.74, 6) is -3.99. The van der Waals surface area contributed by atoms with Crippen LogP contribution >= 0.6 is 0 Å². The molecule has 3 atom stereocenters. The van der Waals surface area contributed by atoms with E-state index in [0.717, 1.165) is 33.3 Å². The van der Waals surface area contributed by atoms with Gasteiger partial charge in [0, 0.05) is 22.2 Å². The number of hydrogen-bond acceptors (Lipinski definition) is 8. The molecule has 7 N–H and O–H groups in total. The molecule has 1 aliphatic heterocycles. The first kappa shape index (κ1) is 31.6. The largest absolute Gasteiger partial charge is 0.479 e. The van der Waals surface area contributed by atoms with E-state index < -0.39 is 24.1 Å². The summed E-state index contributed by atoms with van der Waals surface area (Å²) in [7, 11) is 3.77. The standard InChI is InChI=1S/C27H25N5O2.C4H6O6/c1-32(2)23(13-17-9-5-3-6-10-17)27(34)29-19-14-20-24-21(16-28-31-26(20)33)25(30-22(24)15-19)18-11-7-4-8-12-18;5-1(3(7)8)2(6)4(9)10/h3-12,14-16,23,30H,13H2,1-2H3,(H,29,34)(H,31,33);1-2,5-6H,(H,7,8)(H,9,10)/t23-;1-,2-/m01/s1. The van der Waals surface area contributed by atoms with E-state index in [2.05, 4.69) is 20.8 Å². The molecular weight excluding hydrogens is 570 g/mol. The predicted octanol–water partition coefficient (Wildman–Crippen LogP) is 1.90. The van der Waals surface area contributed by atoms with Gasteiger partial charge in [-0.25, -0.2) is 15.0 Å². The minimum Gasteiger partial charge on any atom is -0.479 e. The van der Waals surface area contributed by atoms with E-state index in [9.17, 15) is 19.2 Å². The Labute approximate surface area is 251 Å². The number of benzene rings is 3. The molecule has 2 heterocycles. The molecule has 0 spiro atoms. The minimum absolute atomic E-state index is 0.138. The summed E-state index contributed by atoms with van der Waals surface area (Å²) in [4.78, 5) is 50.9. The van der Waals surface area contributed by atoms with Gasteiger partial charge in [-0.15, -0.1) is 0 Å². The number of H-pyrrole nitrogens is 1. The molecule has 1 aliphatic rings. The average Bonchev–Trinajstić information content (AvgIpc) is 3.28. The summed E-state index contributed by atoms with van der Waals surface area (Å²) in [6, 6.07) is 23.0. The Bertz CT molecular complexity index is 1680. The number of carboxylic acid groups (broad SMARTS) is 2. The van der Waals surface area contributed by atoms with E-state index in [0.29, 0.717) is 17.7 Å². The van der Waals surface area contributed by atoms with Crippen molar-refractivity contribution in [2.45, 2.75) is 24.7 Å². The second-order valence-electron chi connectivity index (χ2n) is 10.1. The molecule has 44 heavy (non-hydrogen) atoms. The third-order valence-electron chi connectivity index (χ3n) is 6.87. The molecular formula is C31H31N5O8. The molecule has 13 heteroatoms. The van der Waals surface area contributed by atoms with Gasteiger partial charge in [0.2, 0.25) is 5.91 Å². The van der Waals surface area contributed by atoms with E-state index in [-0.39, 0.29) is 17.9 Å². The summed E-state index contributed by atoms with van der Waals surface area (Å²) < 4.78 is 0.